The van der Waals surface area contributed by atoms with E-state index in [0.717, 1.165) is 191 Å². The summed E-state index contributed by atoms with van der Waals surface area (Å²) in [6.45, 7) is 30.4. The summed E-state index contributed by atoms with van der Waals surface area (Å²) in [5.74, 6) is -6.07. The molecular formula is C94H106Br4F8N6O16. The van der Waals surface area contributed by atoms with Gasteiger partial charge in [-0.15, -0.1) is 0 Å². The fraction of sp³-hybridized carbons (Fsp3) is 0.404. The summed E-state index contributed by atoms with van der Waals surface area (Å²) in [6.07, 6.45) is 0.464. The topological polar surface area (TPSA) is 230 Å². The van der Waals surface area contributed by atoms with E-state index in [1.807, 2.05) is 24.3 Å². The predicted octanol–water partition coefficient (Wildman–Crippen LogP) is 17.0. The highest BCUT2D eigenvalue weighted by atomic mass is 79.9. The number of Topliss-reactive ketones (excluding diaryl/α,β-unsaturated/α-hetero) is 4. The number of morpholine rings is 6. The fourth-order valence-electron chi connectivity index (χ4n) is 13.1. The molecule has 128 heavy (non-hydrogen) atoms. The summed E-state index contributed by atoms with van der Waals surface area (Å²) in [7, 11) is 0. The molecule has 6 fully saturated rings. The summed E-state index contributed by atoms with van der Waals surface area (Å²) in [5.41, 5.74) is 7.06. The minimum Gasteiger partial charge on any atom is -0.466 e. The first-order valence-electron chi connectivity index (χ1n) is 41.5. The van der Waals surface area contributed by atoms with Crippen molar-refractivity contribution in [2.45, 2.75) is 79.8 Å². The highest BCUT2D eigenvalue weighted by molar-refractivity contribution is 9.11. The van der Waals surface area contributed by atoms with Gasteiger partial charge in [-0.05, 0) is 234 Å². The van der Waals surface area contributed by atoms with E-state index in [1.165, 1.54) is 98.8 Å². The zero-order valence-electron chi connectivity index (χ0n) is 71.8. The lowest BCUT2D eigenvalue weighted by molar-refractivity contribution is -0.143. The molecule has 0 aromatic heterocycles. The second-order valence-electron chi connectivity index (χ2n) is 29.6. The molecule has 0 unspecified atom stereocenters. The number of ether oxygens (including phenoxy) is 8. The Morgan fingerprint density at radius 3 is 0.695 bits per heavy atom. The maximum Gasteiger partial charge on any atom is 0.313 e. The maximum atomic E-state index is 13.8. The number of hydrogen-bond acceptors (Lipinski definition) is 22. The highest BCUT2D eigenvalue weighted by Crippen LogP contribution is 2.25. The van der Waals surface area contributed by atoms with Gasteiger partial charge < -0.3 is 37.9 Å². The molecule has 692 valence electrons. The van der Waals surface area contributed by atoms with Gasteiger partial charge in [0.2, 0.25) is 0 Å². The summed E-state index contributed by atoms with van der Waals surface area (Å²) >= 11 is 12.3. The Morgan fingerprint density at radius 1 is 0.297 bits per heavy atom. The van der Waals surface area contributed by atoms with Crippen molar-refractivity contribution in [3.05, 3.63) is 277 Å². The third-order valence-electron chi connectivity index (χ3n) is 19.9. The molecule has 8 aromatic carbocycles. The van der Waals surface area contributed by atoms with Gasteiger partial charge in [-0.1, -0.05) is 36.4 Å². The van der Waals surface area contributed by atoms with Gasteiger partial charge in [0.25, 0.3) is 0 Å². The van der Waals surface area contributed by atoms with E-state index in [4.69, 9.17) is 37.9 Å². The molecule has 22 nitrogen and oxygen atoms in total. The van der Waals surface area contributed by atoms with E-state index < -0.39 is 59.6 Å². The van der Waals surface area contributed by atoms with Gasteiger partial charge in [-0.25, -0.2) is 35.1 Å². The van der Waals surface area contributed by atoms with E-state index in [9.17, 15) is 73.5 Å². The molecule has 6 aliphatic heterocycles. The minimum absolute atomic E-state index is 0.0567. The van der Waals surface area contributed by atoms with Crippen LogP contribution in [-0.4, -0.2) is 248 Å². The van der Waals surface area contributed by atoms with Crippen molar-refractivity contribution in [2.75, 3.05) is 171 Å². The third kappa shape index (κ3) is 39.3. The Morgan fingerprint density at radius 2 is 0.492 bits per heavy atom. The van der Waals surface area contributed by atoms with E-state index in [2.05, 4.69) is 93.1 Å². The monoisotopic (exact) mass is 2040 g/mol. The molecule has 0 spiro atoms. The lowest BCUT2D eigenvalue weighted by Gasteiger charge is -2.26. The predicted molar refractivity (Wildman–Crippen MR) is 481 cm³/mol. The molecule has 0 N–H and O–H groups in total. The van der Waals surface area contributed by atoms with Crippen molar-refractivity contribution in [3.63, 3.8) is 0 Å². The van der Waals surface area contributed by atoms with Crippen LogP contribution in [0.5, 0.6) is 0 Å². The Hall–Kier alpha value is -8.40. The fourth-order valence-corrected chi connectivity index (χ4v) is 14.7. The first-order valence-corrected chi connectivity index (χ1v) is 44.7. The molecule has 0 atom stereocenters. The molecule has 0 saturated carbocycles. The van der Waals surface area contributed by atoms with Gasteiger partial charge >= 0.3 is 11.9 Å². The summed E-state index contributed by atoms with van der Waals surface area (Å²) < 4.78 is 148. The first-order chi connectivity index (χ1) is 61.5. The molecule has 6 heterocycles. The van der Waals surface area contributed by atoms with Crippen molar-refractivity contribution in [3.8, 4) is 0 Å². The molecule has 14 rings (SSSR count). The molecule has 0 bridgehead atoms. The maximum absolute atomic E-state index is 13.8. The number of rotatable bonds is 24. The van der Waals surface area contributed by atoms with E-state index in [1.54, 1.807) is 50.2 Å². The molecule has 8 aromatic rings. The van der Waals surface area contributed by atoms with Gasteiger partial charge in [-0.3, -0.25) is 67.8 Å². The first kappa shape index (κ1) is 107. The third-order valence-corrected chi connectivity index (χ3v) is 22.3. The van der Waals surface area contributed by atoms with Crippen molar-refractivity contribution in [2.24, 2.45) is 0 Å². The number of aldehydes is 2. The normalized spacial score (nSPS) is 15.6. The largest absolute Gasteiger partial charge is 0.466 e. The number of carbonyl (C=O) groups excluding carboxylic acids is 8. The van der Waals surface area contributed by atoms with Crippen molar-refractivity contribution in [1.29, 1.82) is 0 Å². The quantitative estimate of drug-likeness (QED) is 0.0180. The van der Waals surface area contributed by atoms with Gasteiger partial charge in [0.15, 0.2) is 23.1 Å². The van der Waals surface area contributed by atoms with Gasteiger partial charge in [0, 0.05) is 129 Å². The average Bonchev–Trinajstić information content (AvgIpc) is 0.846. The van der Waals surface area contributed by atoms with Crippen LogP contribution in [0.25, 0.3) is 0 Å². The van der Waals surface area contributed by atoms with E-state index >= 15 is 0 Å². The van der Waals surface area contributed by atoms with Crippen molar-refractivity contribution < 1.29 is 111 Å². The number of nitrogens with zero attached hydrogens (tertiary/aromatic N) is 6. The van der Waals surface area contributed by atoms with Crippen LogP contribution in [0.3, 0.4) is 0 Å². The Balaban J connectivity index is 0.000000203. The van der Waals surface area contributed by atoms with Crippen LogP contribution in [-0.2, 0) is 86.8 Å². The van der Waals surface area contributed by atoms with Crippen LogP contribution in [0.4, 0.5) is 35.1 Å². The number of benzene rings is 8. The van der Waals surface area contributed by atoms with Gasteiger partial charge in [0.05, 0.1) is 133 Å². The molecule has 0 aliphatic carbocycles. The number of carbonyl (C=O) groups is 8. The van der Waals surface area contributed by atoms with Crippen LogP contribution in [0.2, 0.25) is 0 Å². The standard InChI is InChI=1S/2C16H20FNO4.2C13H16FNO2.2C11H13BrFNO.2C7H4BrFO/c2*1-2-22-16(20)10-15(19)13-9-12(3-4-14(13)17)11-18-5-7-21-8-6-18;2*1-10(16)12-8-11(2-3-13(12)14)9-15-4-6-17-7-5-15;2*12-10-7-9(1-2-11(10)13)8-14-3-5-15-6-4-14;2*8-6-3-5(4-10)1-2-7(6)9/h2*3-4,9H,2,5-8,10-11H2,1H3;2*2-3,8H,4-7,9H2,1H3;2*1-2,7H,3-6,8H2;2*1-4H. The zero-order valence-corrected chi connectivity index (χ0v) is 78.1. The van der Waals surface area contributed by atoms with Gasteiger partial charge in [-0.2, -0.15) is 0 Å². The van der Waals surface area contributed by atoms with Crippen molar-refractivity contribution >= 4 is 111 Å². The Kier molecular flexibility index (Phi) is 48.6. The Labute approximate surface area is 774 Å². The van der Waals surface area contributed by atoms with E-state index in [0.29, 0.717) is 81.1 Å². The summed E-state index contributed by atoms with van der Waals surface area (Å²) in [4.78, 5) is 103. The molecule has 0 amide bonds. The number of ketones is 4. The lowest BCUT2D eigenvalue weighted by atomic mass is 10.0. The SMILES string of the molecule is CC(=O)c1cc(CN2CCOCC2)ccc1F.CC(=O)c1cc(CN2CCOCC2)ccc1F.CCOC(=O)CC(=O)c1cc(CN2CCOCC2)ccc1F.CCOC(=O)CC(=O)c1cc(CN2CCOCC2)ccc1F.Fc1ccc(CN2CCOCC2)cc1Br.Fc1ccc(CN2CCOCC2)cc1Br.O=Cc1ccc(F)c(Br)c1.O=Cc1ccc(F)c(Br)c1. The summed E-state index contributed by atoms with van der Waals surface area (Å²) in [5, 5.41) is 0. The molecule has 6 aliphatic rings. The highest BCUT2D eigenvalue weighted by Gasteiger charge is 2.23. The summed E-state index contributed by atoms with van der Waals surface area (Å²) in [6, 6.07) is 36.9. The molecule has 6 saturated heterocycles. The minimum atomic E-state index is -0.634. The van der Waals surface area contributed by atoms with Gasteiger partial charge in [0.1, 0.15) is 72.0 Å². The van der Waals surface area contributed by atoms with Crippen LogP contribution < -0.4 is 0 Å². The lowest BCUT2D eigenvalue weighted by Crippen LogP contribution is -2.35. The van der Waals surface area contributed by atoms with Crippen LogP contribution in [0.15, 0.2) is 163 Å². The number of halogens is 12. The smallest absolute Gasteiger partial charge is 0.313 e. The van der Waals surface area contributed by atoms with E-state index in [-0.39, 0.29) is 70.3 Å². The average molecular weight is 2050 g/mol. The zero-order chi connectivity index (χ0) is 92.9. The van der Waals surface area contributed by atoms with Crippen molar-refractivity contribution in [1.82, 2.24) is 29.4 Å². The molecule has 34 heteroatoms. The Bertz CT molecular complexity index is 4600. The second-order valence-corrected chi connectivity index (χ2v) is 33.0. The molecule has 0 radical (unpaired) electrons. The van der Waals surface area contributed by atoms with Crippen LogP contribution in [0, 0.1) is 46.5 Å². The van der Waals surface area contributed by atoms with Crippen LogP contribution >= 0.6 is 63.7 Å². The molecular weight excluding hydrogens is 1940 g/mol. The van der Waals surface area contributed by atoms with Crippen LogP contribution in [0.1, 0.15) is 136 Å². The number of esters is 2. The second kappa shape index (κ2) is 58.4. The number of hydrogen-bond donors (Lipinski definition) is 0.